The molecule has 2 heterocycles. The Hall–Kier alpha value is -1.83. The Morgan fingerprint density at radius 1 is 1.22 bits per heavy atom. The third-order valence-corrected chi connectivity index (χ3v) is 6.09. The van der Waals surface area contributed by atoms with Crippen molar-refractivity contribution in [3.05, 3.63) is 61.9 Å². The molecule has 0 spiro atoms. The fourth-order valence-electron chi connectivity index (χ4n) is 2.70. The molecule has 3 rings (SSSR count). The largest absolute Gasteiger partial charge is 0.307 e. The van der Waals surface area contributed by atoms with Crippen LogP contribution >= 0.6 is 39.1 Å². The van der Waals surface area contributed by atoms with Gasteiger partial charge in [-0.1, -0.05) is 29.3 Å². The van der Waals surface area contributed by atoms with Crippen molar-refractivity contribution < 1.29 is 4.79 Å². The first-order valence-electron chi connectivity index (χ1n) is 8.25. The molecule has 1 unspecified atom stereocenters. The highest BCUT2D eigenvalue weighted by atomic mass is 79.9. The summed E-state index contributed by atoms with van der Waals surface area (Å²) in [6, 6.07) is 6.72. The van der Waals surface area contributed by atoms with Gasteiger partial charge in [-0.05, 0) is 54.4 Å². The van der Waals surface area contributed by atoms with Crippen LogP contribution in [-0.2, 0) is 11.3 Å². The minimum absolute atomic E-state index is 0.187. The molecule has 1 N–H and O–H groups in total. The van der Waals surface area contributed by atoms with E-state index in [1.54, 1.807) is 40.7 Å². The summed E-state index contributed by atoms with van der Waals surface area (Å²) in [6.07, 6.45) is 1.79. The highest BCUT2D eigenvalue weighted by Gasteiger charge is 2.21. The predicted octanol–water partition coefficient (Wildman–Crippen LogP) is 5.01. The van der Waals surface area contributed by atoms with Gasteiger partial charge in [0.2, 0.25) is 5.91 Å². The van der Waals surface area contributed by atoms with E-state index in [2.05, 4.69) is 31.4 Å². The van der Waals surface area contributed by atoms with E-state index in [1.165, 1.54) is 0 Å². The Bertz CT molecular complexity index is 998. The molecule has 27 heavy (non-hydrogen) atoms. The summed E-state index contributed by atoms with van der Waals surface area (Å²) in [4.78, 5) is 12.6. The Morgan fingerprint density at radius 3 is 2.59 bits per heavy atom. The smallest absolute Gasteiger partial charge is 0.250 e. The standard InChI is InChI=1S/C18H18BrCl2N5O/c1-10-17(19)11(2)26(23-10)12(3)18(27)22-16-6-7-25(24-16)9-13-4-5-14(20)15(21)8-13/h4-8,12H,9H2,1-3H3,(H,22,24,27). The van der Waals surface area contributed by atoms with Crippen LogP contribution in [0.25, 0.3) is 0 Å². The van der Waals surface area contributed by atoms with Gasteiger partial charge in [-0.15, -0.1) is 0 Å². The Morgan fingerprint density at radius 2 is 1.96 bits per heavy atom. The minimum Gasteiger partial charge on any atom is -0.307 e. The lowest BCUT2D eigenvalue weighted by atomic mass is 10.2. The van der Waals surface area contributed by atoms with E-state index in [-0.39, 0.29) is 5.91 Å². The van der Waals surface area contributed by atoms with Crippen molar-refractivity contribution in [3.63, 3.8) is 0 Å². The van der Waals surface area contributed by atoms with Gasteiger partial charge in [0.1, 0.15) is 6.04 Å². The maximum absolute atomic E-state index is 12.6. The number of hydrogen-bond donors (Lipinski definition) is 1. The Kier molecular flexibility index (Phi) is 5.93. The topological polar surface area (TPSA) is 64.7 Å². The zero-order valence-corrected chi connectivity index (χ0v) is 18.1. The van der Waals surface area contributed by atoms with Crippen molar-refractivity contribution >= 4 is 50.9 Å². The highest BCUT2D eigenvalue weighted by Crippen LogP contribution is 2.24. The quantitative estimate of drug-likeness (QED) is 0.569. The van der Waals surface area contributed by atoms with E-state index in [4.69, 9.17) is 23.2 Å². The number of amides is 1. The van der Waals surface area contributed by atoms with E-state index in [9.17, 15) is 4.79 Å². The summed E-state index contributed by atoms with van der Waals surface area (Å²) in [5.74, 6) is 0.292. The van der Waals surface area contributed by atoms with E-state index in [0.29, 0.717) is 22.4 Å². The molecule has 0 saturated carbocycles. The molecule has 0 saturated heterocycles. The molecular formula is C18H18BrCl2N5O. The fourth-order valence-corrected chi connectivity index (χ4v) is 3.28. The molecule has 6 nitrogen and oxygen atoms in total. The number of anilines is 1. The second kappa shape index (κ2) is 8.04. The van der Waals surface area contributed by atoms with Crippen molar-refractivity contribution in [2.45, 2.75) is 33.4 Å². The van der Waals surface area contributed by atoms with Crippen molar-refractivity contribution in [2.24, 2.45) is 0 Å². The molecule has 0 fully saturated rings. The van der Waals surface area contributed by atoms with E-state index in [1.807, 2.05) is 19.9 Å². The van der Waals surface area contributed by atoms with Crippen molar-refractivity contribution in [3.8, 4) is 0 Å². The number of nitrogens with one attached hydrogen (secondary N) is 1. The summed E-state index contributed by atoms with van der Waals surface area (Å²) in [6.45, 7) is 6.13. The average Bonchev–Trinajstić information content (AvgIpc) is 3.17. The lowest BCUT2D eigenvalue weighted by molar-refractivity contribution is -0.119. The second-order valence-electron chi connectivity index (χ2n) is 6.24. The number of carbonyl (C=O) groups excluding carboxylic acids is 1. The van der Waals surface area contributed by atoms with E-state index < -0.39 is 6.04 Å². The SMILES string of the molecule is Cc1nn(C(C)C(=O)Nc2ccn(Cc3ccc(Cl)c(Cl)c3)n2)c(C)c1Br. The predicted molar refractivity (Wildman–Crippen MR) is 111 cm³/mol. The summed E-state index contributed by atoms with van der Waals surface area (Å²) >= 11 is 15.5. The molecule has 0 radical (unpaired) electrons. The van der Waals surface area contributed by atoms with E-state index >= 15 is 0 Å². The van der Waals surface area contributed by atoms with Gasteiger partial charge in [0.05, 0.1) is 32.5 Å². The Labute approximate surface area is 175 Å². The van der Waals surface area contributed by atoms with Gasteiger partial charge in [-0.25, -0.2) is 0 Å². The molecule has 1 amide bonds. The van der Waals surface area contributed by atoms with Crippen molar-refractivity contribution in [1.29, 1.82) is 0 Å². The molecule has 2 aromatic heterocycles. The Balaban J connectivity index is 1.68. The first kappa shape index (κ1) is 19.9. The number of rotatable bonds is 5. The zero-order chi connectivity index (χ0) is 19.7. The number of benzene rings is 1. The number of nitrogens with zero attached hydrogens (tertiary/aromatic N) is 4. The monoisotopic (exact) mass is 469 g/mol. The normalized spacial score (nSPS) is 12.2. The molecule has 9 heteroatoms. The third-order valence-electron chi connectivity index (χ3n) is 4.20. The summed E-state index contributed by atoms with van der Waals surface area (Å²) < 4.78 is 4.33. The fraction of sp³-hybridized carbons (Fsp3) is 0.278. The van der Waals surface area contributed by atoms with Crippen LogP contribution in [0.3, 0.4) is 0 Å². The van der Waals surface area contributed by atoms with Gasteiger partial charge in [0.15, 0.2) is 5.82 Å². The van der Waals surface area contributed by atoms with Gasteiger partial charge in [-0.3, -0.25) is 14.2 Å². The number of carbonyl (C=O) groups is 1. The first-order chi connectivity index (χ1) is 12.8. The lowest BCUT2D eigenvalue weighted by Gasteiger charge is -2.13. The first-order valence-corrected chi connectivity index (χ1v) is 9.80. The number of aromatic nitrogens is 4. The van der Waals surface area contributed by atoms with Crippen molar-refractivity contribution in [2.75, 3.05) is 5.32 Å². The third kappa shape index (κ3) is 4.36. The van der Waals surface area contributed by atoms with Crippen LogP contribution in [0.2, 0.25) is 10.0 Å². The van der Waals surface area contributed by atoms with Gasteiger partial charge in [-0.2, -0.15) is 10.2 Å². The molecule has 0 aliphatic rings. The van der Waals surface area contributed by atoms with Crippen molar-refractivity contribution in [1.82, 2.24) is 19.6 Å². The van der Waals surface area contributed by atoms with Gasteiger partial charge in [0.25, 0.3) is 0 Å². The van der Waals surface area contributed by atoms with Gasteiger partial charge < -0.3 is 5.32 Å². The van der Waals surface area contributed by atoms with Crippen LogP contribution in [0.15, 0.2) is 34.9 Å². The van der Waals surface area contributed by atoms with Crippen LogP contribution in [0.4, 0.5) is 5.82 Å². The molecule has 1 atom stereocenters. The summed E-state index contributed by atoms with van der Waals surface area (Å²) in [5, 5.41) is 12.6. The second-order valence-corrected chi connectivity index (χ2v) is 7.85. The van der Waals surface area contributed by atoms with Crippen LogP contribution in [0.5, 0.6) is 0 Å². The molecule has 0 aliphatic carbocycles. The van der Waals surface area contributed by atoms with Crippen LogP contribution < -0.4 is 5.32 Å². The van der Waals surface area contributed by atoms with E-state index in [0.717, 1.165) is 21.4 Å². The average molecular weight is 471 g/mol. The number of aryl methyl sites for hydroxylation is 1. The molecular weight excluding hydrogens is 453 g/mol. The molecule has 0 bridgehead atoms. The molecule has 3 aromatic rings. The maximum atomic E-state index is 12.6. The van der Waals surface area contributed by atoms with Gasteiger partial charge >= 0.3 is 0 Å². The van der Waals surface area contributed by atoms with Crippen LogP contribution in [0.1, 0.15) is 29.9 Å². The minimum atomic E-state index is -0.463. The molecule has 1 aromatic carbocycles. The maximum Gasteiger partial charge on any atom is 0.250 e. The number of hydrogen-bond acceptors (Lipinski definition) is 3. The summed E-state index contributed by atoms with van der Waals surface area (Å²) in [5.41, 5.74) is 2.71. The zero-order valence-electron chi connectivity index (χ0n) is 15.0. The summed E-state index contributed by atoms with van der Waals surface area (Å²) in [7, 11) is 0. The van der Waals surface area contributed by atoms with Crippen LogP contribution in [0, 0.1) is 13.8 Å². The molecule has 0 aliphatic heterocycles. The lowest BCUT2D eigenvalue weighted by Crippen LogP contribution is -2.25. The molecule has 142 valence electrons. The number of halogens is 3. The van der Waals surface area contributed by atoms with Crippen LogP contribution in [-0.4, -0.2) is 25.5 Å². The highest BCUT2D eigenvalue weighted by molar-refractivity contribution is 9.10. The van der Waals surface area contributed by atoms with Gasteiger partial charge in [0, 0.05) is 12.3 Å².